The van der Waals surface area contributed by atoms with Gasteiger partial charge in [-0.2, -0.15) is 5.26 Å². The zero-order valence-electron chi connectivity index (χ0n) is 17.0. The summed E-state index contributed by atoms with van der Waals surface area (Å²) in [5.41, 5.74) is 5.70. The van der Waals surface area contributed by atoms with Gasteiger partial charge in [0.15, 0.2) is 5.13 Å². The van der Waals surface area contributed by atoms with Crippen molar-refractivity contribution >= 4 is 16.5 Å². The largest absolute Gasteiger partial charge is 0.394 e. The summed E-state index contributed by atoms with van der Waals surface area (Å²) in [6.45, 7) is 6.26. The highest BCUT2D eigenvalue weighted by molar-refractivity contribution is 7.15. The molecule has 0 saturated carbocycles. The lowest BCUT2D eigenvalue weighted by atomic mass is 9.73. The van der Waals surface area contributed by atoms with E-state index in [4.69, 9.17) is 4.98 Å². The third kappa shape index (κ3) is 3.23. The van der Waals surface area contributed by atoms with Gasteiger partial charge in [0.05, 0.1) is 24.4 Å². The van der Waals surface area contributed by atoms with Crippen molar-refractivity contribution < 1.29 is 5.11 Å². The van der Waals surface area contributed by atoms with Crippen molar-refractivity contribution in [2.24, 2.45) is 0 Å². The molecule has 1 aromatic heterocycles. The monoisotopic (exact) mass is 403 g/mol. The number of nitriles is 1. The summed E-state index contributed by atoms with van der Waals surface area (Å²) in [5.74, 6) is -0.0601. The van der Waals surface area contributed by atoms with Gasteiger partial charge >= 0.3 is 0 Å². The quantitative estimate of drug-likeness (QED) is 0.662. The van der Waals surface area contributed by atoms with Crippen LogP contribution >= 0.6 is 11.3 Å². The third-order valence-electron chi connectivity index (χ3n) is 5.92. The van der Waals surface area contributed by atoms with Crippen LogP contribution in [0.25, 0.3) is 11.1 Å². The van der Waals surface area contributed by atoms with Gasteiger partial charge in [-0.25, -0.2) is 4.98 Å². The van der Waals surface area contributed by atoms with Crippen LogP contribution in [0.15, 0.2) is 48.5 Å². The first-order chi connectivity index (χ1) is 14.1. The van der Waals surface area contributed by atoms with Crippen LogP contribution in [0.1, 0.15) is 34.5 Å². The van der Waals surface area contributed by atoms with Crippen LogP contribution in [-0.2, 0) is 6.42 Å². The molecule has 2 heterocycles. The van der Waals surface area contributed by atoms with E-state index in [0.29, 0.717) is 0 Å². The molecule has 148 valence electrons. The molecule has 4 rings (SSSR count). The summed E-state index contributed by atoms with van der Waals surface area (Å²) in [4.78, 5) is 7.94. The molecule has 0 radical (unpaired) electrons. The van der Waals surface area contributed by atoms with Crippen molar-refractivity contribution in [1.29, 1.82) is 5.26 Å². The minimum absolute atomic E-state index is 0.00889. The lowest BCUT2D eigenvalue weighted by molar-refractivity contribution is 0.188. The molecular weight excluding hydrogens is 378 g/mol. The number of thiazole rings is 1. The standard InChI is InChI=1S/C24H25N3OS/c1-4-20-16(3)29-24(26-20)27-21(13-25)23(22(27)14-28)19-12-8-7-11-18(19)17-10-6-5-9-15(17)2/h5-12,21-23,28H,4,14H2,1-3H3/t21-,22-,23+/m1/s1. The number of hydrogen-bond donors (Lipinski definition) is 1. The smallest absolute Gasteiger partial charge is 0.187 e. The van der Waals surface area contributed by atoms with Crippen LogP contribution in [0.5, 0.6) is 0 Å². The molecule has 2 aromatic carbocycles. The molecule has 1 saturated heterocycles. The summed E-state index contributed by atoms with van der Waals surface area (Å²) >= 11 is 1.61. The predicted molar refractivity (Wildman–Crippen MR) is 118 cm³/mol. The molecule has 5 heteroatoms. The van der Waals surface area contributed by atoms with Gasteiger partial charge in [-0.15, -0.1) is 11.3 Å². The predicted octanol–water partition coefficient (Wildman–Crippen LogP) is 4.85. The summed E-state index contributed by atoms with van der Waals surface area (Å²) in [6.07, 6.45) is 0.872. The first-order valence-electron chi connectivity index (χ1n) is 10.0. The summed E-state index contributed by atoms with van der Waals surface area (Å²) < 4.78 is 0. The number of nitrogens with zero attached hydrogens (tertiary/aromatic N) is 3. The number of hydrogen-bond acceptors (Lipinski definition) is 5. The Morgan fingerprint density at radius 2 is 1.79 bits per heavy atom. The Labute approximate surface area is 176 Å². The van der Waals surface area contributed by atoms with E-state index in [1.54, 1.807) is 11.3 Å². The fourth-order valence-corrected chi connectivity index (χ4v) is 5.49. The lowest BCUT2D eigenvalue weighted by Gasteiger charge is -2.52. The van der Waals surface area contributed by atoms with Crippen molar-refractivity contribution in [3.05, 3.63) is 70.2 Å². The van der Waals surface area contributed by atoms with Crippen molar-refractivity contribution in [1.82, 2.24) is 4.98 Å². The Hall–Kier alpha value is -2.68. The van der Waals surface area contributed by atoms with Gasteiger partial charge in [-0.05, 0) is 42.5 Å². The maximum atomic E-state index is 10.2. The second-order valence-corrected chi connectivity index (χ2v) is 8.69. The topological polar surface area (TPSA) is 60.2 Å². The van der Waals surface area contributed by atoms with E-state index in [2.05, 4.69) is 51.1 Å². The van der Waals surface area contributed by atoms with Gasteiger partial charge in [0, 0.05) is 10.8 Å². The highest BCUT2D eigenvalue weighted by Gasteiger charge is 2.51. The Morgan fingerprint density at radius 1 is 1.10 bits per heavy atom. The molecule has 0 spiro atoms. The zero-order chi connectivity index (χ0) is 20.5. The number of aryl methyl sites for hydroxylation is 3. The fraction of sp³-hybridized carbons (Fsp3) is 0.333. The van der Waals surface area contributed by atoms with Crippen LogP contribution in [0.2, 0.25) is 0 Å². The van der Waals surface area contributed by atoms with Crippen LogP contribution in [0.4, 0.5) is 5.13 Å². The second kappa shape index (κ2) is 7.98. The number of aromatic nitrogens is 1. The highest BCUT2D eigenvalue weighted by Crippen LogP contribution is 2.47. The molecule has 1 fully saturated rings. The maximum Gasteiger partial charge on any atom is 0.187 e. The third-order valence-corrected chi connectivity index (χ3v) is 6.95. The van der Waals surface area contributed by atoms with Gasteiger partial charge in [0.2, 0.25) is 0 Å². The van der Waals surface area contributed by atoms with Gasteiger partial charge in [0.1, 0.15) is 6.04 Å². The number of benzene rings is 2. The minimum atomic E-state index is -0.340. The first-order valence-corrected chi connectivity index (χ1v) is 10.8. The van der Waals surface area contributed by atoms with Crippen LogP contribution in [0.3, 0.4) is 0 Å². The molecule has 1 aliphatic heterocycles. The Kier molecular flexibility index (Phi) is 5.40. The second-order valence-electron chi connectivity index (χ2n) is 7.51. The Bertz CT molecular complexity index is 1070. The van der Waals surface area contributed by atoms with E-state index in [-0.39, 0.29) is 24.6 Å². The van der Waals surface area contributed by atoms with Crippen LogP contribution in [-0.4, -0.2) is 28.8 Å². The molecule has 0 aliphatic carbocycles. The van der Waals surface area contributed by atoms with Gasteiger partial charge in [-0.3, -0.25) is 0 Å². The molecule has 4 nitrogen and oxygen atoms in total. The molecule has 0 unspecified atom stereocenters. The van der Waals surface area contributed by atoms with E-state index in [9.17, 15) is 10.4 Å². The molecule has 1 N–H and O–H groups in total. The number of aliphatic hydroxyl groups excluding tert-OH is 1. The van der Waals surface area contributed by atoms with Crippen molar-refractivity contribution in [3.63, 3.8) is 0 Å². The van der Waals surface area contributed by atoms with Crippen molar-refractivity contribution in [3.8, 4) is 17.2 Å². The van der Waals surface area contributed by atoms with E-state index in [1.807, 2.05) is 29.2 Å². The zero-order valence-corrected chi connectivity index (χ0v) is 17.8. The van der Waals surface area contributed by atoms with Crippen molar-refractivity contribution in [2.75, 3.05) is 11.5 Å². The summed E-state index contributed by atoms with van der Waals surface area (Å²) in [6, 6.07) is 18.6. The molecule has 1 aliphatic rings. The molecular formula is C24H25N3OS. The average Bonchev–Trinajstić information content (AvgIpc) is 3.08. The van der Waals surface area contributed by atoms with Crippen LogP contribution < -0.4 is 4.90 Å². The number of aliphatic hydroxyl groups is 1. The lowest BCUT2D eigenvalue weighted by Crippen LogP contribution is -2.63. The van der Waals surface area contributed by atoms with E-state index in [0.717, 1.165) is 28.4 Å². The Morgan fingerprint density at radius 3 is 2.41 bits per heavy atom. The van der Waals surface area contributed by atoms with Gasteiger partial charge < -0.3 is 10.0 Å². The molecule has 3 atom stereocenters. The van der Waals surface area contributed by atoms with Crippen molar-refractivity contribution in [2.45, 2.75) is 45.2 Å². The molecule has 29 heavy (non-hydrogen) atoms. The highest BCUT2D eigenvalue weighted by atomic mass is 32.1. The normalized spacial score (nSPS) is 20.9. The summed E-state index contributed by atoms with van der Waals surface area (Å²) in [5, 5.41) is 21.1. The maximum absolute atomic E-state index is 10.2. The van der Waals surface area contributed by atoms with E-state index in [1.165, 1.54) is 16.0 Å². The molecule has 0 amide bonds. The molecule has 0 bridgehead atoms. The minimum Gasteiger partial charge on any atom is -0.394 e. The fourth-order valence-electron chi connectivity index (χ4n) is 4.40. The Balaban J connectivity index is 1.77. The van der Waals surface area contributed by atoms with Gasteiger partial charge in [-0.1, -0.05) is 55.5 Å². The first kappa shape index (κ1) is 19.6. The SMILES string of the molecule is CCc1nc(N2[C@H](C#N)[C@H](c3ccccc3-c3ccccc3C)[C@H]2CO)sc1C. The number of anilines is 1. The summed E-state index contributed by atoms with van der Waals surface area (Å²) in [7, 11) is 0. The van der Waals surface area contributed by atoms with E-state index >= 15 is 0 Å². The molecule has 3 aromatic rings. The van der Waals surface area contributed by atoms with Crippen LogP contribution in [0, 0.1) is 25.2 Å². The average molecular weight is 404 g/mol. The van der Waals surface area contributed by atoms with E-state index < -0.39 is 0 Å². The number of rotatable bonds is 5. The van der Waals surface area contributed by atoms with Gasteiger partial charge in [0.25, 0.3) is 0 Å².